The van der Waals surface area contributed by atoms with Gasteiger partial charge in [-0.15, -0.1) is 0 Å². The number of methoxy groups -OCH3 is 1. The molecule has 0 radical (unpaired) electrons. The SMILES string of the molecule is COc1ccc(NS(=O)(=O)c2ccc(C)c(NC(=O)C3CC3)c2)cc1. The van der Waals surface area contributed by atoms with Crippen LogP contribution in [0.15, 0.2) is 47.4 Å². The van der Waals surface area contributed by atoms with Gasteiger partial charge in [-0.1, -0.05) is 6.07 Å². The summed E-state index contributed by atoms with van der Waals surface area (Å²) >= 11 is 0. The van der Waals surface area contributed by atoms with E-state index in [4.69, 9.17) is 4.74 Å². The van der Waals surface area contributed by atoms with Gasteiger partial charge >= 0.3 is 0 Å². The van der Waals surface area contributed by atoms with Crippen LogP contribution in [0.5, 0.6) is 5.75 Å². The van der Waals surface area contributed by atoms with Crippen molar-refractivity contribution in [3.8, 4) is 5.75 Å². The van der Waals surface area contributed by atoms with Crippen molar-refractivity contribution in [2.24, 2.45) is 5.92 Å². The van der Waals surface area contributed by atoms with Crippen molar-refractivity contribution in [2.45, 2.75) is 24.7 Å². The molecule has 1 saturated carbocycles. The zero-order chi connectivity index (χ0) is 18.0. The summed E-state index contributed by atoms with van der Waals surface area (Å²) in [6, 6.07) is 11.3. The first-order chi connectivity index (χ1) is 11.9. The monoisotopic (exact) mass is 360 g/mol. The van der Waals surface area contributed by atoms with E-state index < -0.39 is 10.0 Å². The Kier molecular flexibility index (Phi) is 4.67. The minimum atomic E-state index is -3.75. The summed E-state index contributed by atoms with van der Waals surface area (Å²) in [6.45, 7) is 1.83. The molecule has 1 aliphatic rings. The van der Waals surface area contributed by atoms with Crippen molar-refractivity contribution in [3.05, 3.63) is 48.0 Å². The second-order valence-corrected chi connectivity index (χ2v) is 7.76. The molecule has 1 amide bonds. The number of benzene rings is 2. The number of sulfonamides is 1. The van der Waals surface area contributed by atoms with Gasteiger partial charge in [0, 0.05) is 17.3 Å². The Morgan fingerprint density at radius 1 is 1.12 bits per heavy atom. The molecule has 3 rings (SSSR count). The summed E-state index contributed by atoms with van der Waals surface area (Å²) in [4.78, 5) is 12.0. The van der Waals surface area contributed by atoms with Crippen LogP contribution >= 0.6 is 0 Å². The van der Waals surface area contributed by atoms with Crippen LogP contribution in [0.2, 0.25) is 0 Å². The molecule has 2 aromatic carbocycles. The molecule has 0 spiro atoms. The topological polar surface area (TPSA) is 84.5 Å². The Bertz CT molecular complexity index is 888. The first-order valence-corrected chi connectivity index (χ1v) is 9.46. The van der Waals surface area contributed by atoms with Gasteiger partial charge in [0.2, 0.25) is 5.91 Å². The van der Waals surface area contributed by atoms with E-state index in [-0.39, 0.29) is 16.7 Å². The Balaban J connectivity index is 1.81. The van der Waals surface area contributed by atoms with Crippen molar-refractivity contribution >= 4 is 27.3 Å². The molecule has 0 heterocycles. The molecule has 25 heavy (non-hydrogen) atoms. The fourth-order valence-electron chi connectivity index (χ4n) is 2.36. The molecular weight excluding hydrogens is 340 g/mol. The zero-order valence-corrected chi connectivity index (χ0v) is 14.9. The van der Waals surface area contributed by atoms with Crippen LogP contribution in [0.1, 0.15) is 18.4 Å². The van der Waals surface area contributed by atoms with E-state index in [0.29, 0.717) is 17.1 Å². The van der Waals surface area contributed by atoms with Crippen molar-refractivity contribution in [2.75, 3.05) is 17.1 Å². The minimum Gasteiger partial charge on any atom is -0.497 e. The molecule has 6 nitrogen and oxygen atoms in total. The van der Waals surface area contributed by atoms with Crippen molar-refractivity contribution in [1.82, 2.24) is 0 Å². The van der Waals surface area contributed by atoms with E-state index in [9.17, 15) is 13.2 Å². The van der Waals surface area contributed by atoms with Crippen molar-refractivity contribution in [1.29, 1.82) is 0 Å². The highest BCUT2D eigenvalue weighted by molar-refractivity contribution is 7.92. The molecule has 0 unspecified atom stereocenters. The number of hydrogen-bond acceptors (Lipinski definition) is 4. The van der Waals surface area contributed by atoms with E-state index in [2.05, 4.69) is 10.0 Å². The molecule has 1 fully saturated rings. The number of aryl methyl sites for hydroxylation is 1. The Morgan fingerprint density at radius 2 is 1.80 bits per heavy atom. The zero-order valence-electron chi connectivity index (χ0n) is 14.1. The third-order valence-electron chi connectivity index (χ3n) is 4.07. The first kappa shape index (κ1) is 17.3. The van der Waals surface area contributed by atoms with E-state index in [1.807, 2.05) is 6.92 Å². The van der Waals surface area contributed by atoms with Crippen LogP contribution in [0.4, 0.5) is 11.4 Å². The van der Waals surface area contributed by atoms with Gasteiger partial charge in [0.15, 0.2) is 0 Å². The molecule has 0 atom stereocenters. The standard InChI is InChI=1S/C18H20N2O4S/c1-12-3-10-16(11-17(12)19-18(21)13-4-5-13)25(22,23)20-14-6-8-15(24-2)9-7-14/h3,6-11,13,20H,4-5H2,1-2H3,(H,19,21). The van der Waals surface area contributed by atoms with Crippen molar-refractivity contribution in [3.63, 3.8) is 0 Å². The number of carbonyl (C=O) groups is 1. The van der Waals surface area contributed by atoms with Crippen LogP contribution in [0, 0.1) is 12.8 Å². The largest absolute Gasteiger partial charge is 0.497 e. The minimum absolute atomic E-state index is 0.0529. The summed E-state index contributed by atoms with van der Waals surface area (Å²) in [6.07, 6.45) is 1.78. The number of carbonyl (C=O) groups excluding carboxylic acids is 1. The van der Waals surface area contributed by atoms with E-state index in [1.54, 1.807) is 37.4 Å². The third kappa shape index (κ3) is 4.11. The van der Waals surface area contributed by atoms with Crippen LogP contribution in [0.25, 0.3) is 0 Å². The van der Waals surface area contributed by atoms with Crippen LogP contribution in [0.3, 0.4) is 0 Å². The summed E-state index contributed by atoms with van der Waals surface area (Å²) in [5, 5.41) is 2.82. The lowest BCUT2D eigenvalue weighted by Gasteiger charge is -2.12. The molecule has 2 N–H and O–H groups in total. The van der Waals surface area contributed by atoms with Gasteiger partial charge in [0.1, 0.15) is 5.75 Å². The van der Waals surface area contributed by atoms with E-state index in [1.165, 1.54) is 12.1 Å². The molecule has 0 saturated heterocycles. The Hall–Kier alpha value is -2.54. The number of amides is 1. The van der Waals surface area contributed by atoms with Gasteiger partial charge in [-0.25, -0.2) is 8.42 Å². The van der Waals surface area contributed by atoms with Crippen molar-refractivity contribution < 1.29 is 17.9 Å². The number of nitrogens with one attached hydrogen (secondary N) is 2. The number of hydrogen-bond donors (Lipinski definition) is 2. The molecule has 7 heteroatoms. The van der Waals surface area contributed by atoms with Gasteiger partial charge in [-0.05, 0) is 61.7 Å². The summed E-state index contributed by atoms with van der Waals surface area (Å²) in [5.41, 5.74) is 1.77. The van der Waals surface area contributed by atoms with Crippen LogP contribution in [-0.2, 0) is 14.8 Å². The maximum absolute atomic E-state index is 12.6. The summed E-state index contributed by atoms with van der Waals surface area (Å²) in [7, 11) is -2.21. The lowest BCUT2D eigenvalue weighted by molar-refractivity contribution is -0.117. The summed E-state index contributed by atoms with van der Waals surface area (Å²) in [5.74, 6) is 0.640. The van der Waals surface area contributed by atoms with Crippen LogP contribution in [-0.4, -0.2) is 21.4 Å². The molecule has 0 aromatic heterocycles. The Morgan fingerprint density at radius 3 is 2.40 bits per heavy atom. The van der Waals surface area contributed by atoms with Gasteiger partial charge in [-0.2, -0.15) is 0 Å². The quantitative estimate of drug-likeness (QED) is 0.829. The normalized spacial score (nSPS) is 14.0. The van der Waals surface area contributed by atoms with E-state index in [0.717, 1.165) is 18.4 Å². The smallest absolute Gasteiger partial charge is 0.261 e. The predicted octanol–water partition coefficient (Wildman–Crippen LogP) is 3.15. The van der Waals surface area contributed by atoms with Crippen LogP contribution < -0.4 is 14.8 Å². The highest BCUT2D eigenvalue weighted by atomic mass is 32.2. The lowest BCUT2D eigenvalue weighted by atomic mass is 10.2. The molecule has 132 valence electrons. The molecule has 1 aliphatic carbocycles. The van der Waals surface area contributed by atoms with Gasteiger partial charge in [-0.3, -0.25) is 9.52 Å². The third-order valence-corrected chi connectivity index (χ3v) is 5.45. The second-order valence-electron chi connectivity index (χ2n) is 6.07. The number of anilines is 2. The Labute approximate surface area is 147 Å². The second kappa shape index (κ2) is 6.76. The number of ether oxygens (including phenoxy) is 1. The highest BCUT2D eigenvalue weighted by Gasteiger charge is 2.30. The molecule has 2 aromatic rings. The maximum atomic E-state index is 12.6. The average molecular weight is 360 g/mol. The van der Waals surface area contributed by atoms with Gasteiger partial charge < -0.3 is 10.1 Å². The molecular formula is C18H20N2O4S. The predicted molar refractivity (Wildman–Crippen MR) is 96.3 cm³/mol. The fourth-order valence-corrected chi connectivity index (χ4v) is 3.44. The maximum Gasteiger partial charge on any atom is 0.261 e. The lowest BCUT2D eigenvalue weighted by Crippen LogP contribution is -2.16. The van der Waals surface area contributed by atoms with E-state index >= 15 is 0 Å². The highest BCUT2D eigenvalue weighted by Crippen LogP contribution is 2.31. The first-order valence-electron chi connectivity index (χ1n) is 7.97. The average Bonchev–Trinajstić information content (AvgIpc) is 3.42. The molecule has 0 bridgehead atoms. The molecule has 0 aliphatic heterocycles. The fraction of sp³-hybridized carbons (Fsp3) is 0.278. The van der Waals surface area contributed by atoms with Gasteiger partial charge in [0.25, 0.3) is 10.0 Å². The van der Waals surface area contributed by atoms with Gasteiger partial charge in [0.05, 0.1) is 12.0 Å². The summed E-state index contributed by atoms with van der Waals surface area (Å²) < 4.78 is 32.8. The number of rotatable bonds is 6.